The summed E-state index contributed by atoms with van der Waals surface area (Å²) in [6, 6.07) is 17.2. The fourth-order valence-electron chi connectivity index (χ4n) is 3.18. The zero-order chi connectivity index (χ0) is 19.1. The van der Waals surface area contributed by atoms with E-state index >= 15 is 0 Å². The van der Waals surface area contributed by atoms with E-state index in [1.165, 1.54) is 12.8 Å². The van der Waals surface area contributed by atoms with Gasteiger partial charge in [0.1, 0.15) is 5.84 Å². The molecule has 0 radical (unpaired) electrons. The number of anilines is 1. The number of hydrazine groups is 1. The second-order valence-corrected chi connectivity index (χ2v) is 6.78. The largest absolute Gasteiger partial charge is 4.00 e. The van der Waals surface area contributed by atoms with Crippen LogP contribution in [0, 0.1) is 16.4 Å². The average Bonchev–Trinajstić information content (AvgIpc) is 2.73. The van der Waals surface area contributed by atoms with E-state index in [4.69, 9.17) is 5.41 Å². The molecule has 7 nitrogen and oxygen atoms in total. The maximum Gasteiger partial charge on any atom is 4.00 e. The van der Waals surface area contributed by atoms with E-state index in [0.29, 0.717) is 17.2 Å². The van der Waals surface area contributed by atoms with Gasteiger partial charge >= 0.3 is 19.8 Å². The van der Waals surface area contributed by atoms with E-state index in [1.807, 2.05) is 12.1 Å². The van der Waals surface area contributed by atoms with Gasteiger partial charge in [0.2, 0.25) is 0 Å². The van der Waals surface area contributed by atoms with Gasteiger partial charge in [-0.25, -0.2) is 0 Å². The third-order valence-electron chi connectivity index (χ3n) is 4.82. The molecule has 1 fully saturated rings. The van der Waals surface area contributed by atoms with Gasteiger partial charge in [0.05, 0.1) is 4.91 Å². The minimum absolute atomic E-state index is 0. The number of nitrogens with one attached hydrogen (secondary N) is 2. The second-order valence-electron chi connectivity index (χ2n) is 6.78. The van der Waals surface area contributed by atoms with E-state index in [0.717, 1.165) is 43.2 Å². The van der Waals surface area contributed by atoms with Gasteiger partial charge < -0.3 is 10.4 Å². The van der Waals surface area contributed by atoms with Crippen LogP contribution >= 0.6 is 0 Å². The molecule has 0 aliphatic carbocycles. The molecule has 8 heteroatoms. The first-order chi connectivity index (χ1) is 13.2. The number of nitrogens with zero attached hydrogens (tertiary/aromatic N) is 3. The molecule has 3 rings (SSSR count). The van der Waals surface area contributed by atoms with E-state index in [1.54, 1.807) is 36.4 Å². The number of nitroso groups, excluding NO2 is 1. The Morgan fingerprint density at radius 3 is 2.52 bits per heavy atom. The van der Waals surface area contributed by atoms with Gasteiger partial charge in [-0.2, -0.15) is 18.2 Å². The molecule has 0 unspecified atom stereocenters. The number of hydrogen-bond acceptors (Lipinski definition) is 3. The van der Waals surface area contributed by atoms with Crippen LogP contribution in [0.3, 0.4) is 0 Å². The van der Waals surface area contributed by atoms with E-state index in [-0.39, 0.29) is 25.3 Å². The van der Waals surface area contributed by atoms with Gasteiger partial charge in [-0.05, 0) is 18.7 Å². The van der Waals surface area contributed by atoms with Crippen molar-refractivity contribution in [3.8, 4) is 0 Å². The minimum atomic E-state index is 0. The molecule has 2 aromatic carbocycles. The summed E-state index contributed by atoms with van der Waals surface area (Å²) < 4.78 is 0. The molecule has 0 aromatic heterocycles. The van der Waals surface area contributed by atoms with E-state index in [2.05, 4.69) is 28.2 Å². The van der Waals surface area contributed by atoms with Crippen LogP contribution in [0.5, 0.6) is 0 Å². The van der Waals surface area contributed by atoms with Crippen LogP contribution < -0.4 is 5.43 Å². The minimum Gasteiger partial charge on any atom is -0.412 e. The van der Waals surface area contributed by atoms with Crippen LogP contribution in [0.2, 0.25) is 0 Å². The summed E-state index contributed by atoms with van der Waals surface area (Å²) in [6.07, 6.45) is 2.44. The molecule has 0 amide bonds. The van der Waals surface area contributed by atoms with Crippen molar-refractivity contribution in [1.82, 2.24) is 9.80 Å². The predicted molar refractivity (Wildman–Crippen MR) is 112 cm³/mol. The first kappa shape index (κ1) is 24.9. The van der Waals surface area contributed by atoms with E-state index in [9.17, 15) is 4.91 Å². The fraction of sp³-hybridized carbons (Fsp3) is 0.381. The van der Waals surface area contributed by atoms with Crippen molar-refractivity contribution >= 4 is 17.2 Å². The molecule has 0 atom stereocenters. The van der Waals surface area contributed by atoms with Gasteiger partial charge in [-0.1, -0.05) is 25.5 Å². The Morgan fingerprint density at radius 1 is 1.17 bits per heavy atom. The van der Waals surface area contributed by atoms with Crippen LogP contribution in [-0.4, -0.2) is 58.7 Å². The molecule has 1 heterocycles. The van der Waals surface area contributed by atoms with Crippen LogP contribution in [0.25, 0.3) is 0 Å². The van der Waals surface area contributed by atoms with Gasteiger partial charge in [0, 0.05) is 43.9 Å². The zero-order valence-electron chi connectivity index (χ0n) is 16.7. The number of benzene rings is 2. The first-order valence-electron chi connectivity index (χ1n) is 9.53. The van der Waals surface area contributed by atoms with Gasteiger partial charge in [-0.15, -0.1) is 17.6 Å². The summed E-state index contributed by atoms with van der Waals surface area (Å²) in [6.45, 7) is 7.04. The van der Waals surface area contributed by atoms with Crippen molar-refractivity contribution in [2.45, 2.75) is 19.8 Å². The number of rotatable bonds is 7. The zero-order valence-corrected chi connectivity index (χ0v) is 19.2. The Labute approximate surface area is 185 Å². The Bertz CT molecular complexity index is 780. The Morgan fingerprint density at radius 2 is 1.86 bits per heavy atom. The first-order valence-corrected chi connectivity index (χ1v) is 9.53. The second kappa shape index (κ2) is 12.4. The molecular weight excluding hydrogens is 544 g/mol. The molecule has 0 saturated carbocycles. The molecule has 1 aliphatic heterocycles. The van der Waals surface area contributed by atoms with Crippen LogP contribution in [0.15, 0.2) is 48.5 Å². The Balaban J connectivity index is 0.00000210. The summed E-state index contributed by atoms with van der Waals surface area (Å²) in [5.74, 6) is 0.481. The Kier molecular flexibility index (Phi) is 10.7. The molecule has 0 spiro atoms. The maximum atomic E-state index is 12.4. The third kappa shape index (κ3) is 7.00. The van der Waals surface area contributed by atoms with Crippen LogP contribution in [0.4, 0.5) is 11.4 Å². The summed E-state index contributed by atoms with van der Waals surface area (Å²) in [5, 5.41) is 8.55. The Hall–Kier alpha value is -2.13. The number of piperazine rings is 1. The van der Waals surface area contributed by atoms with Crippen molar-refractivity contribution in [2.75, 3.05) is 38.1 Å². The summed E-state index contributed by atoms with van der Waals surface area (Å²) in [5.41, 5.74) is 4.74. The van der Waals surface area contributed by atoms with Crippen molar-refractivity contribution in [3.05, 3.63) is 65.1 Å². The third-order valence-corrected chi connectivity index (χ3v) is 4.82. The van der Waals surface area contributed by atoms with Crippen molar-refractivity contribution < 1.29 is 30.1 Å². The number of hydrogen-bond donors (Lipinski definition) is 2. The normalized spacial score (nSPS) is 13.8. The van der Waals surface area contributed by atoms with Gasteiger partial charge in [0.15, 0.2) is 4.87 Å². The standard InChI is InChI=1S/C21H27N5O.H2O.Os/c1-2-3-12-24-13-15-25(16-14-24)21(22)18-8-7-11-20(17-18)26(27)23-19-9-5-4-6-10-19;;/h5-11,17,22H,2-3,12-16H2,1H3,(H,23,27);1H2;/q;;+4. The van der Waals surface area contributed by atoms with E-state index < -0.39 is 0 Å². The van der Waals surface area contributed by atoms with Crippen LogP contribution in [0.1, 0.15) is 25.3 Å². The van der Waals surface area contributed by atoms with Crippen LogP contribution in [-0.2, 0) is 19.8 Å². The molecule has 2 aromatic rings. The predicted octanol–water partition coefficient (Wildman–Crippen LogP) is 2.84. The summed E-state index contributed by atoms with van der Waals surface area (Å²) >= 11 is 0. The monoisotopic (exact) mass is 575 g/mol. The van der Waals surface area contributed by atoms with Gasteiger partial charge in [-0.3, -0.25) is 10.3 Å². The molecule has 154 valence electrons. The maximum absolute atomic E-state index is 12.4. The molecule has 1 aliphatic rings. The van der Waals surface area contributed by atoms with Crippen molar-refractivity contribution in [3.63, 3.8) is 0 Å². The smallest absolute Gasteiger partial charge is 0.412 e. The number of unbranched alkanes of at least 4 members (excludes halogenated alkanes) is 1. The molecule has 1 saturated heterocycles. The fourth-order valence-corrected chi connectivity index (χ4v) is 3.18. The molecular formula is C21H29N5O2Os+4. The van der Waals surface area contributed by atoms with Gasteiger partial charge in [0.25, 0.3) is 5.69 Å². The number of amidine groups is 1. The topological polar surface area (TPSA) is 93.9 Å². The quantitative estimate of drug-likeness (QED) is 0.175. The summed E-state index contributed by atoms with van der Waals surface area (Å²) in [4.78, 5) is 17.7. The van der Waals surface area contributed by atoms with Crippen molar-refractivity contribution in [1.29, 1.82) is 5.41 Å². The summed E-state index contributed by atoms with van der Waals surface area (Å²) in [7, 11) is 0. The molecule has 29 heavy (non-hydrogen) atoms. The average molecular weight is 574 g/mol. The molecule has 0 bridgehead atoms. The van der Waals surface area contributed by atoms with Crippen molar-refractivity contribution in [2.24, 2.45) is 0 Å². The SMILES string of the molecule is CCCCN1CCN(C(=N)c2cccc([N+](=O)Nc3cc[c-]cc3)c2)CC1.O.[Os+4]. The molecule has 4 N–H and O–H groups in total.